The van der Waals surface area contributed by atoms with Gasteiger partial charge in [0, 0.05) is 24.6 Å². The summed E-state index contributed by atoms with van der Waals surface area (Å²) in [6.07, 6.45) is -1.61. The van der Waals surface area contributed by atoms with E-state index in [1.165, 1.54) is 6.07 Å². The molecule has 0 atom stereocenters. The van der Waals surface area contributed by atoms with Crippen molar-refractivity contribution in [3.63, 3.8) is 0 Å². The number of hydrogen-bond acceptors (Lipinski definition) is 4. The van der Waals surface area contributed by atoms with Crippen molar-refractivity contribution in [1.82, 2.24) is 15.6 Å². The highest BCUT2D eigenvalue weighted by atomic mass is 127. The van der Waals surface area contributed by atoms with Gasteiger partial charge in [-0.05, 0) is 19.2 Å². The first-order valence-corrected chi connectivity index (χ1v) is 8.54. The summed E-state index contributed by atoms with van der Waals surface area (Å²) in [7, 11) is 0. The van der Waals surface area contributed by atoms with Gasteiger partial charge >= 0.3 is 6.18 Å². The van der Waals surface area contributed by atoms with E-state index < -0.39 is 11.7 Å². The molecule has 0 radical (unpaired) electrons. The molecule has 5 nitrogen and oxygen atoms in total. The van der Waals surface area contributed by atoms with E-state index in [0.29, 0.717) is 19.0 Å². The number of halogens is 4. The summed E-state index contributed by atoms with van der Waals surface area (Å²) >= 11 is 1.71. The van der Waals surface area contributed by atoms with E-state index in [9.17, 15) is 13.2 Å². The average Bonchev–Trinajstić information content (AvgIpc) is 2.51. The fraction of sp³-hybridized carbons (Fsp3) is 0.571. The van der Waals surface area contributed by atoms with Gasteiger partial charge in [-0.1, -0.05) is 0 Å². The molecule has 1 aromatic heterocycles. The van der Waals surface area contributed by atoms with E-state index in [1.807, 2.05) is 13.2 Å². The number of nitrogens with one attached hydrogen (secondary N) is 2. The van der Waals surface area contributed by atoms with E-state index in [0.717, 1.165) is 24.6 Å². The van der Waals surface area contributed by atoms with Gasteiger partial charge < -0.3 is 15.4 Å². The van der Waals surface area contributed by atoms with Gasteiger partial charge in [0.1, 0.15) is 6.61 Å². The highest BCUT2D eigenvalue weighted by Gasteiger charge is 2.30. The predicted octanol–water partition coefficient (Wildman–Crippen LogP) is 3.02. The average molecular weight is 478 g/mol. The van der Waals surface area contributed by atoms with E-state index in [-0.39, 0.29) is 36.5 Å². The Kier molecular flexibility index (Phi) is 12.0. The van der Waals surface area contributed by atoms with Crippen molar-refractivity contribution in [2.45, 2.75) is 13.1 Å². The number of nitrogens with zero attached hydrogens (tertiary/aromatic N) is 2. The van der Waals surface area contributed by atoms with Crippen LogP contribution < -0.4 is 15.4 Å². The third kappa shape index (κ3) is 9.40. The van der Waals surface area contributed by atoms with Gasteiger partial charge in [-0.2, -0.15) is 24.9 Å². The van der Waals surface area contributed by atoms with Crippen molar-refractivity contribution in [3.05, 3.63) is 23.9 Å². The molecule has 24 heavy (non-hydrogen) atoms. The Bertz CT molecular complexity index is 486. The number of rotatable bonds is 8. The summed E-state index contributed by atoms with van der Waals surface area (Å²) in [5.74, 6) is 1.78. The summed E-state index contributed by atoms with van der Waals surface area (Å²) in [6, 6.07) is 2.16. The molecule has 0 saturated heterocycles. The summed E-state index contributed by atoms with van der Waals surface area (Å²) in [4.78, 5) is 8.00. The van der Waals surface area contributed by atoms with Crippen LogP contribution in [0.3, 0.4) is 0 Å². The number of hydrogen-bond donors (Lipinski definition) is 2. The smallest absolute Gasteiger partial charge is 0.417 e. The second kappa shape index (κ2) is 12.5. The largest absolute Gasteiger partial charge is 0.476 e. The molecule has 0 aliphatic heterocycles. The zero-order chi connectivity index (χ0) is 17.1. The predicted molar refractivity (Wildman–Crippen MR) is 103 cm³/mol. The number of pyridine rings is 1. The monoisotopic (exact) mass is 478 g/mol. The first-order valence-electron chi connectivity index (χ1n) is 7.14. The lowest BCUT2D eigenvalue weighted by Crippen LogP contribution is -2.39. The van der Waals surface area contributed by atoms with Crippen LogP contribution in [0.2, 0.25) is 0 Å². The molecule has 1 heterocycles. The molecule has 10 heteroatoms. The fourth-order valence-electron chi connectivity index (χ4n) is 1.55. The van der Waals surface area contributed by atoms with Gasteiger partial charge in [-0.25, -0.2) is 4.98 Å². The van der Waals surface area contributed by atoms with Crippen LogP contribution in [0.15, 0.2) is 23.3 Å². The second-order valence-corrected chi connectivity index (χ2v) is 5.40. The molecule has 0 aliphatic rings. The van der Waals surface area contributed by atoms with Crippen LogP contribution in [0, 0.1) is 0 Å². The lowest BCUT2D eigenvalue weighted by atomic mass is 10.3. The van der Waals surface area contributed by atoms with Crippen molar-refractivity contribution in [1.29, 1.82) is 0 Å². The van der Waals surface area contributed by atoms with Crippen molar-refractivity contribution in [2.75, 3.05) is 38.2 Å². The zero-order valence-corrected chi connectivity index (χ0v) is 16.7. The SMILES string of the molecule is CCNC(=NCCSC)NCCOc1ccc(C(F)(F)F)cn1.I. The maximum absolute atomic E-state index is 12.4. The number of thioether (sulfide) groups is 1. The van der Waals surface area contributed by atoms with Crippen LogP contribution in [0.25, 0.3) is 0 Å². The highest BCUT2D eigenvalue weighted by Crippen LogP contribution is 2.29. The summed E-state index contributed by atoms with van der Waals surface area (Å²) < 4.78 is 42.5. The van der Waals surface area contributed by atoms with Gasteiger partial charge in [0.05, 0.1) is 18.7 Å². The zero-order valence-electron chi connectivity index (χ0n) is 13.5. The van der Waals surface area contributed by atoms with Crippen LogP contribution in [0.4, 0.5) is 13.2 Å². The molecule has 0 fully saturated rings. The molecule has 1 aromatic rings. The maximum Gasteiger partial charge on any atom is 0.417 e. The van der Waals surface area contributed by atoms with Crippen LogP contribution in [0.5, 0.6) is 5.88 Å². The van der Waals surface area contributed by atoms with Crippen LogP contribution in [-0.2, 0) is 6.18 Å². The minimum atomic E-state index is -4.39. The van der Waals surface area contributed by atoms with Crippen LogP contribution in [-0.4, -0.2) is 49.2 Å². The normalized spacial score (nSPS) is 11.6. The second-order valence-electron chi connectivity index (χ2n) is 4.41. The molecule has 0 aliphatic carbocycles. The number of guanidine groups is 1. The van der Waals surface area contributed by atoms with E-state index in [1.54, 1.807) is 11.8 Å². The maximum atomic E-state index is 12.4. The number of aromatic nitrogens is 1. The van der Waals surface area contributed by atoms with Crippen LogP contribution >= 0.6 is 35.7 Å². The molecular formula is C14H22F3IN4OS. The molecule has 0 aromatic carbocycles. The molecule has 0 bridgehead atoms. The lowest BCUT2D eigenvalue weighted by molar-refractivity contribution is -0.137. The Hall–Kier alpha value is -0.910. The molecule has 0 saturated carbocycles. The quantitative estimate of drug-likeness (QED) is 0.261. The first kappa shape index (κ1) is 23.1. The number of alkyl halides is 3. The first-order chi connectivity index (χ1) is 11.0. The van der Waals surface area contributed by atoms with Gasteiger partial charge in [0.2, 0.25) is 5.88 Å². The topological polar surface area (TPSA) is 58.5 Å². The van der Waals surface area contributed by atoms with Gasteiger partial charge in [-0.15, -0.1) is 24.0 Å². The Balaban J connectivity index is 0.00000529. The van der Waals surface area contributed by atoms with Gasteiger partial charge in [0.15, 0.2) is 5.96 Å². The summed E-state index contributed by atoms with van der Waals surface area (Å²) in [5.41, 5.74) is -0.793. The highest BCUT2D eigenvalue weighted by molar-refractivity contribution is 14.0. The van der Waals surface area contributed by atoms with E-state index >= 15 is 0 Å². The Morgan fingerprint density at radius 2 is 2.08 bits per heavy atom. The molecule has 138 valence electrons. The lowest BCUT2D eigenvalue weighted by Gasteiger charge is -2.12. The minimum absolute atomic E-state index is 0. The van der Waals surface area contributed by atoms with Crippen molar-refractivity contribution in [2.24, 2.45) is 4.99 Å². The Labute approximate surface area is 161 Å². The third-order valence-corrected chi connectivity index (χ3v) is 3.21. The van der Waals surface area contributed by atoms with Crippen molar-refractivity contribution in [3.8, 4) is 5.88 Å². The van der Waals surface area contributed by atoms with E-state index in [4.69, 9.17) is 4.74 Å². The van der Waals surface area contributed by atoms with Gasteiger partial charge in [-0.3, -0.25) is 4.99 Å². The molecular weight excluding hydrogens is 456 g/mol. The van der Waals surface area contributed by atoms with Gasteiger partial charge in [0.25, 0.3) is 0 Å². The van der Waals surface area contributed by atoms with Crippen LogP contribution in [0.1, 0.15) is 12.5 Å². The summed E-state index contributed by atoms with van der Waals surface area (Å²) in [5, 5.41) is 6.18. The van der Waals surface area contributed by atoms with E-state index in [2.05, 4.69) is 20.6 Å². The standard InChI is InChI=1S/C14H21F3N4OS.HI/c1-3-18-13(20-7-9-23-2)19-6-8-22-12-5-4-11(10-21-12)14(15,16)17;/h4-5,10H,3,6-9H2,1-2H3,(H2,18,19,20);1H. The summed E-state index contributed by atoms with van der Waals surface area (Å²) in [6.45, 7) is 4.15. The Morgan fingerprint density at radius 3 is 2.62 bits per heavy atom. The minimum Gasteiger partial charge on any atom is -0.476 e. The van der Waals surface area contributed by atoms with Crippen molar-refractivity contribution < 1.29 is 17.9 Å². The number of aliphatic imine (C=N–C) groups is 1. The Morgan fingerprint density at radius 1 is 1.33 bits per heavy atom. The molecule has 0 unspecified atom stereocenters. The fourth-order valence-corrected chi connectivity index (χ4v) is 1.82. The third-order valence-electron chi connectivity index (χ3n) is 2.62. The molecule has 2 N–H and O–H groups in total. The number of ether oxygens (including phenoxy) is 1. The molecule has 0 spiro atoms. The molecule has 1 rings (SSSR count). The molecule has 0 amide bonds. The van der Waals surface area contributed by atoms with Crippen molar-refractivity contribution >= 4 is 41.7 Å².